The van der Waals surface area contributed by atoms with Crippen LogP contribution in [-0.4, -0.2) is 20.6 Å². The Morgan fingerprint density at radius 1 is 0.750 bits per heavy atom. The van der Waals surface area contributed by atoms with Gasteiger partial charge < -0.3 is 4.74 Å². The van der Waals surface area contributed by atoms with Gasteiger partial charge in [0.25, 0.3) is 11.4 Å². The number of allylic oxidation sites excluding steroid dienone is 1. The number of Topliss-reactive ketones (excluding diaryl/α,β-unsaturated/α-hetero) is 1. The number of nitrogens with zero attached hydrogens (tertiary/aromatic N) is 3. The highest BCUT2D eigenvalue weighted by Crippen LogP contribution is 2.41. The van der Waals surface area contributed by atoms with Crippen molar-refractivity contribution in [3.63, 3.8) is 0 Å². The highest BCUT2D eigenvalue weighted by atomic mass is 16.6. The first kappa shape index (κ1) is 21.8. The van der Waals surface area contributed by atoms with E-state index in [9.17, 15) is 35.1 Å². The highest BCUT2D eigenvalue weighted by molar-refractivity contribution is 6.10. The number of ketones is 1. The summed E-state index contributed by atoms with van der Waals surface area (Å²) in [6.07, 6.45) is 1.27. The molecule has 0 fully saturated rings. The van der Waals surface area contributed by atoms with Crippen molar-refractivity contribution in [3.8, 4) is 5.75 Å². The van der Waals surface area contributed by atoms with E-state index in [1.165, 1.54) is 18.2 Å². The maximum Gasteiger partial charge on any atom is 0.325 e. The van der Waals surface area contributed by atoms with Crippen LogP contribution >= 0.6 is 0 Å². The minimum absolute atomic E-state index is 0.168. The molecule has 0 aliphatic heterocycles. The third-order valence-corrected chi connectivity index (χ3v) is 4.21. The van der Waals surface area contributed by atoms with E-state index in [0.717, 1.165) is 0 Å². The van der Waals surface area contributed by atoms with Crippen molar-refractivity contribution in [2.24, 2.45) is 0 Å². The summed E-state index contributed by atoms with van der Waals surface area (Å²) in [5, 5.41) is 34.1. The second kappa shape index (κ2) is 9.26. The number of ether oxygens (including phenoxy) is 1. The Labute approximate surface area is 179 Å². The number of nitro benzene ring substituents is 3. The molecule has 3 rings (SSSR count). The van der Waals surface area contributed by atoms with E-state index in [2.05, 4.69) is 0 Å². The van der Waals surface area contributed by atoms with Crippen LogP contribution < -0.4 is 4.74 Å². The van der Waals surface area contributed by atoms with E-state index in [4.69, 9.17) is 4.74 Å². The van der Waals surface area contributed by atoms with Gasteiger partial charge in [0.15, 0.2) is 5.76 Å². The number of carbonyl (C=O) groups is 1. The Balaban J connectivity index is 2.21. The van der Waals surface area contributed by atoms with Crippen molar-refractivity contribution in [1.29, 1.82) is 0 Å². The zero-order valence-electron chi connectivity index (χ0n) is 16.1. The zero-order valence-corrected chi connectivity index (χ0v) is 16.1. The predicted octanol–water partition coefficient (Wildman–Crippen LogP) is 4.71. The molecular formula is C21H13N3O8. The van der Waals surface area contributed by atoms with Gasteiger partial charge in [0, 0.05) is 5.56 Å². The molecule has 11 heteroatoms. The van der Waals surface area contributed by atoms with E-state index in [1.54, 1.807) is 48.5 Å². The molecule has 0 amide bonds. The average Bonchev–Trinajstić information content (AvgIpc) is 2.78. The summed E-state index contributed by atoms with van der Waals surface area (Å²) in [5.74, 6) is -2.03. The van der Waals surface area contributed by atoms with Crippen LogP contribution in [0.2, 0.25) is 0 Å². The molecule has 0 N–H and O–H groups in total. The average molecular weight is 435 g/mol. The molecule has 0 unspecified atom stereocenters. The molecule has 0 saturated heterocycles. The van der Waals surface area contributed by atoms with Gasteiger partial charge >= 0.3 is 11.4 Å². The van der Waals surface area contributed by atoms with E-state index < -0.39 is 49.1 Å². The third kappa shape index (κ3) is 4.79. The molecule has 0 bridgehead atoms. The second-order valence-corrected chi connectivity index (χ2v) is 6.30. The lowest BCUT2D eigenvalue weighted by Gasteiger charge is -2.11. The van der Waals surface area contributed by atoms with Crippen LogP contribution in [0.15, 0.2) is 78.6 Å². The van der Waals surface area contributed by atoms with Crippen LogP contribution in [0.3, 0.4) is 0 Å². The predicted molar refractivity (Wildman–Crippen MR) is 112 cm³/mol. The SMILES string of the molecule is O=C(/C(=C\c1ccccc1)Oc1c([N+](=O)[O-])cc([N+](=O)[O-])cc1[N+](=O)[O-])c1ccccc1. The molecule has 0 radical (unpaired) electrons. The standard InChI is InChI=1S/C21H13N3O8/c25-20(15-9-5-2-6-10-15)19(11-14-7-3-1-4-8-14)32-21-17(23(28)29)12-16(22(26)27)13-18(21)24(30)31/h1-13H/b19-11+. The fourth-order valence-corrected chi connectivity index (χ4v) is 2.75. The molecule has 0 saturated carbocycles. The summed E-state index contributed by atoms with van der Waals surface area (Å²) in [5.41, 5.74) is -2.25. The summed E-state index contributed by atoms with van der Waals surface area (Å²) in [6, 6.07) is 17.2. The van der Waals surface area contributed by atoms with Gasteiger partial charge in [-0.3, -0.25) is 35.1 Å². The number of benzene rings is 3. The van der Waals surface area contributed by atoms with Crippen molar-refractivity contribution in [3.05, 3.63) is 120 Å². The van der Waals surface area contributed by atoms with Crippen LogP contribution in [0.5, 0.6) is 5.75 Å². The first-order valence-electron chi connectivity index (χ1n) is 8.93. The number of nitro groups is 3. The molecular weight excluding hydrogens is 422 g/mol. The summed E-state index contributed by atoms with van der Waals surface area (Å²) >= 11 is 0. The van der Waals surface area contributed by atoms with Gasteiger partial charge in [-0.1, -0.05) is 60.7 Å². The Morgan fingerprint density at radius 3 is 1.72 bits per heavy atom. The number of carbonyl (C=O) groups excluding carboxylic acids is 1. The normalized spacial score (nSPS) is 10.9. The molecule has 0 atom stereocenters. The zero-order chi connectivity index (χ0) is 23.3. The Morgan fingerprint density at radius 2 is 1.25 bits per heavy atom. The smallest absolute Gasteiger partial charge is 0.325 e. The van der Waals surface area contributed by atoms with Crippen LogP contribution in [0.1, 0.15) is 15.9 Å². The number of hydrogen-bond acceptors (Lipinski definition) is 8. The fourth-order valence-electron chi connectivity index (χ4n) is 2.75. The molecule has 3 aromatic rings. The molecule has 11 nitrogen and oxygen atoms in total. The lowest BCUT2D eigenvalue weighted by Crippen LogP contribution is -2.12. The summed E-state index contributed by atoms with van der Waals surface area (Å²) in [4.78, 5) is 44.1. The van der Waals surface area contributed by atoms with E-state index in [1.807, 2.05) is 0 Å². The van der Waals surface area contributed by atoms with Crippen molar-refractivity contribution < 1.29 is 24.3 Å². The lowest BCUT2D eigenvalue weighted by atomic mass is 10.1. The van der Waals surface area contributed by atoms with Gasteiger partial charge in [0.05, 0.1) is 26.9 Å². The van der Waals surface area contributed by atoms with Gasteiger partial charge in [0.2, 0.25) is 5.78 Å². The fraction of sp³-hybridized carbons (Fsp3) is 0. The number of rotatable bonds is 8. The largest absolute Gasteiger partial charge is 0.440 e. The second-order valence-electron chi connectivity index (χ2n) is 6.30. The first-order valence-corrected chi connectivity index (χ1v) is 8.93. The Kier molecular flexibility index (Phi) is 6.30. The highest BCUT2D eigenvalue weighted by Gasteiger charge is 2.34. The van der Waals surface area contributed by atoms with Gasteiger partial charge in [-0.05, 0) is 11.6 Å². The maximum atomic E-state index is 13.0. The van der Waals surface area contributed by atoms with Crippen LogP contribution in [0.4, 0.5) is 17.1 Å². The molecule has 3 aromatic carbocycles. The molecule has 0 aromatic heterocycles. The van der Waals surface area contributed by atoms with Gasteiger partial charge in [0.1, 0.15) is 0 Å². The van der Waals surface area contributed by atoms with Crippen molar-refractivity contribution in [1.82, 2.24) is 0 Å². The molecule has 0 heterocycles. The van der Waals surface area contributed by atoms with Crippen LogP contribution in [-0.2, 0) is 0 Å². The van der Waals surface area contributed by atoms with Gasteiger partial charge in [-0.25, -0.2) is 0 Å². The van der Waals surface area contributed by atoms with Crippen molar-refractivity contribution >= 4 is 28.9 Å². The molecule has 160 valence electrons. The van der Waals surface area contributed by atoms with Gasteiger partial charge in [-0.15, -0.1) is 0 Å². The minimum Gasteiger partial charge on any atom is -0.440 e. The molecule has 0 spiro atoms. The van der Waals surface area contributed by atoms with Gasteiger partial charge in [-0.2, -0.15) is 0 Å². The lowest BCUT2D eigenvalue weighted by molar-refractivity contribution is -0.404. The van der Waals surface area contributed by atoms with Crippen molar-refractivity contribution in [2.75, 3.05) is 0 Å². The quantitative estimate of drug-likeness (QED) is 0.162. The van der Waals surface area contributed by atoms with E-state index in [-0.39, 0.29) is 5.56 Å². The molecule has 0 aliphatic carbocycles. The summed E-state index contributed by atoms with van der Waals surface area (Å²) in [7, 11) is 0. The topological polar surface area (TPSA) is 156 Å². The minimum atomic E-state index is -1.05. The third-order valence-electron chi connectivity index (χ3n) is 4.21. The molecule has 32 heavy (non-hydrogen) atoms. The molecule has 0 aliphatic rings. The van der Waals surface area contributed by atoms with Crippen LogP contribution in [0, 0.1) is 30.3 Å². The van der Waals surface area contributed by atoms with Crippen LogP contribution in [0.25, 0.3) is 6.08 Å². The monoisotopic (exact) mass is 435 g/mol. The first-order chi connectivity index (χ1) is 15.3. The summed E-state index contributed by atoms with van der Waals surface area (Å²) in [6.45, 7) is 0. The Bertz CT molecular complexity index is 1210. The van der Waals surface area contributed by atoms with E-state index in [0.29, 0.717) is 17.7 Å². The van der Waals surface area contributed by atoms with Crippen molar-refractivity contribution in [2.45, 2.75) is 0 Å². The maximum absolute atomic E-state index is 13.0. The summed E-state index contributed by atoms with van der Waals surface area (Å²) < 4.78 is 5.46. The number of hydrogen-bond donors (Lipinski definition) is 0. The number of non-ortho nitro benzene ring substituents is 1. The Hall–Kier alpha value is -4.93. The van der Waals surface area contributed by atoms with E-state index >= 15 is 0 Å².